The predicted molar refractivity (Wildman–Crippen MR) is 127 cm³/mol. The van der Waals surface area contributed by atoms with E-state index in [4.69, 9.17) is 9.47 Å². The molecular weight excluding hydrogens is 448 g/mol. The fourth-order valence-electron chi connectivity index (χ4n) is 3.55. The average molecular weight is 479 g/mol. The van der Waals surface area contributed by atoms with E-state index >= 15 is 0 Å². The molecule has 0 fully saturated rings. The first kappa shape index (κ1) is 24.4. The van der Waals surface area contributed by atoms with Crippen LogP contribution in [-0.4, -0.2) is 33.3 Å². The van der Waals surface area contributed by atoms with Crippen molar-refractivity contribution in [3.05, 3.63) is 42.0 Å². The standard InChI is InChI=1S/C23H30N2O5S2/c1-14(2)22(26)24-18-12-16(8-10-21(18)31-6)32(27,28)25-19-13-23(3,4)30-20-9-7-15(29-5)11-17(19)20/h7-12,14,19,25H,13H2,1-6H3,(H,24,26)/t19-/m1/s1. The van der Waals surface area contributed by atoms with Gasteiger partial charge in [-0.1, -0.05) is 13.8 Å². The molecule has 0 radical (unpaired) electrons. The van der Waals surface area contributed by atoms with Crippen LogP contribution in [0.5, 0.6) is 11.5 Å². The van der Waals surface area contributed by atoms with Crippen LogP contribution in [0.25, 0.3) is 0 Å². The van der Waals surface area contributed by atoms with E-state index < -0.39 is 21.7 Å². The molecule has 1 atom stereocenters. The number of thioether (sulfide) groups is 1. The molecule has 2 N–H and O–H groups in total. The second kappa shape index (κ2) is 9.33. The van der Waals surface area contributed by atoms with Crippen LogP contribution in [0.1, 0.15) is 45.7 Å². The summed E-state index contributed by atoms with van der Waals surface area (Å²) in [5, 5.41) is 2.83. The van der Waals surface area contributed by atoms with Gasteiger partial charge in [0.1, 0.15) is 17.1 Å². The third-order valence-corrected chi connectivity index (χ3v) is 7.50. The van der Waals surface area contributed by atoms with Crippen LogP contribution in [0.2, 0.25) is 0 Å². The molecule has 32 heavy (non-hydrogen) atoms. The number of sulfonamides is 1. The van der Waals surface area contributed by atoms with Gasteiger partial charge in [0.15, 0.2) is 0 Å². The summed E-state index contributed by atoms with van der Waals surface area (Å²) in [6.45, 7) is 7.42. The molecular formula is C23H30N2O5S2. The summed E-state index contributed by atoms with van der Waals surface area (Å²) in [5.74, 6) is 0.852. The number of carbonyl (C=O) groups is 1. The Labute approximate surface area is 194 Å². The fraction of sp³-hybridized carbons (Fsp3) is 0.435. The molecule has 1 aliphatic rings. The molecule has 1 aliphatic heterocycles. The van der Waals surface area contributed by atoms with E-state index in [9.17, 15) is 13.2 Å². The summed E-state index contributed by atoms with van der Waals surface area (Å²) in [4.78, 5) is 13.1. The number of carbonyl (C=O) groups excluding carboxylic acids is 1. The molecule has 2 aromatic rings. The van der Waals surface area contributed by atoms with Crippen LogP contribution >= 0.6 is 11.8 Å². The summed E-state index contributed by atoms with van der Waals surface area (Å²) in [6.07, 6.45) is 2.33. The SMILES string of the molecule is COc1ccc2c(c1)[C@H](NS(=O)(=O)c1ccc(SC)c(NC(=O)C(C)C)c1)CC(C)(C)O2. The zero-order valence-electron chi connectivity index (χ0n) is 19.2. The van der Waals surface area contributed by atoms with E-state index in [2.05, 4.69) is 10.0 Å². The van der Waals surface area contributed by atoms with Gasteiger partial charge in [0.25, 0.3) is 0 Å². The number of hydrogen-bond acceptors (Lipinski definition) is 6. The molecule has 7 nitrogen and oxygen atoms in total. The van der Waals surface area contributed by atoms with E-state index in [-0.39, 0.29) is 16.7 Å². The zero-order chi connectivity index (χ0) is 23.7. The van der Waals surface area contributed by atoms with Crippen molar-refractivity contribution in [2.75, 3.05) is 18.7 Å². The molecule has 2 aromatic carbocycles. The van der Waals surface area contributed by atoms with Crippen molar-refractivity contribution in [1.29, 1.82) is 0 Å². The van der Waals surface area contributed by atoms with Gasteiger partial charge in [-0.05, 0) is 56.5 Å². The lowest BCUT2D eigenvalue weighted by Crippen LogP contribution is -2.41. The van der Waals surface area contributed by atoms with Crippen molar-refractivity contribution in [2.45, 2.75) is 55.5 Å². The van der Waals surface area contributed by atoms with Crippen LogP contribution in [0.4, 0.5) is 5.69 Å². The largest absolute Gasteiger partial charge is 0.497 e. The number of methoxy groups -OCH3 is 1. The smallest absolute Gasteiger partial charge is 0.241 e. The Morgan fingerprint density at radius 3 is 2.56 bits per heavy atom. The van der Waals surface area contributed by atoms with Gasteiger partial charge >= 0.3 is 0 Å². The number of amides is 1. The van der Waals surface area contributed by atoms with Gasteiger partial charge in [-0.2, -0.15) is 0 Å². The molecule has 0 bridgehead atoms. The summed E-state index contributed by atoms with van der Waals surface area (Å²) < 4.78 is 40.9. The van der Waals surface area contributed by atoms with Gasteiger partial charge in [-0.15, -0.1) is 11.8 Å². The Bertz CT molecular complexity index is 1110. The topological polar surface area (TPSA) is 93.7 Å². The highest BCUT2D eigenvalue weighted by Gasteiger charge is 2.36. The summed E-state index contributed by atoms with van der Waals surface area (Å²) in [5.41, 5.74) is 0.656. The lowest BCUT2D eigenvalue weighted by molar-refractivity contribution is -0.118. The number of fused-ring (bicyclic) bond motifs is 1. The Kier molecular flexibility index (Phi) is 7.12. The van der Waals surface area contributed by atoms with Gasteiger partial charge < -0.3 is 14.8 Å². The molecule has 0 saturated heterocycles. The molecule has 0 aliphatic carbocycles. The predicted octanol–water partition coefficient (Wildman–Crippen LogP) is 4.59. The van der Waals surface area contributed by atoms with Crippen LogP contribution in [0.3, 0.4) is 0 Å². The highest BCUT2D eigenvalue weighted by molar-refractivity contribution is 7.98. The molecule has 0 saturated carbocycles. The van der Waals surface area contributed by atoms with Gasteiger partial charge in [-0.3, -0.25) is 4.79 Å². The van der Waals surface area contributed by atoms with Crippen molar-refractivity contribution in [1.82, 2.24) is 4.72 Å². The first-order valence-electron chi connectivity index (χ1n) is 10.3. The fourth-order valence-corrected chi connectivity index (χ4v) is 5.32. The lowest BCUT2D eigenvalue weighted by Gasteiger charge is -2.37. The molecule has 1 heterocycles. The quantitative estimate of drug-likeness (QED) is 0.565. The summed E-state index contributed by atoms with van der Waals surface area (Å²) >= 11 is 1.44. The number of nitrogens with one attached hydrogen (secondary N) is 2. The van der Waals surface area contributed by atoms with E-state index in [1.807, 2.05) is 20.1 Å². The Balaban J connectivity index is 1.96. The van der Waals surface area contributed by atoms with Gasteiger partial charge in [0, 0.05) is 22.8 Å². The maximum Gasteiger partial charge on any atom is 0.241 e. The molecule has 9 heteroatoms. The number of rotatable bonds is 7. The van der Waals surface area contributed by atoms with Gasteiger partial charge in [0.05, 0.1) is 23.7 Å². The molecule has 3 rings (SSSR count). The Morgan fingerprint density at radius 1 is 1.22 bits per heavy atom. The highest BCUT2D eigenvalue weighted by Crippen LogP contribution is 2.42. The second-order valence-electron chi connectivity index (χ2n) is 8.65. The van der Waals surface area contributed by atoms with Gasteiger partial charge in [0.2, 0.25) is 15.9 Å². The van der Waals surface area contributed by atoms with Crippen LogP contribution in [0.15, 0.2) is 46.2 Å². The van der Waals surface area contributed by atoms with Crippen molar-refractivity contribution < 1.29 is 22.7 Å². The molecule has 1 amide bonds. The average Bonchev–Trinajstić information content (AvgIpc) is 2.72. The minimum atomic E-state index is -3.88. The van der Waals surface area contributed by atoms with Crippen LogP contribution in [-0.2, 0) is 14.8 Å². The molecule has 0 unspecified atom stereocenters. The lowest BCUT2D eigenvalue weighted by atomic mass is 9.90. The number of benzene rings is 2. The van der Waals surface area contributed by atoms with Crippen molar-refractivity contribution >= 4 is 33.4 Å². The number of ether oxygens (including phenoxy) is 2. The molecule has 174 valence electrons. The molecule has 0 spiro atoms. The maximum atomic E-state index is 13.3. The minimum Gasteiger partial charge on any atom is -0.497 e. The minimum absolute atomic E-state index is 0.0862. The van der Waals surface area contributed by atoms with E-state index in [1.165, 1.54) is 17.8 Å². The van der Waals surface area contributed by atoms with E-state index in [0.717, 1.165) is 10.5 Å². The highest BCUT2D eigenvalue weighted by atomic mass is 32.2. The summed E-state index contributed by atoms with van der Waals surface area (Å²) in [7, 11) is -2.32. The Hall–Kier alpha value is -2.23. The first-order chi connectivity index (χ1) is 15.0. The van der Waals surface area contributed by atoms with Crippen molar-refractivity contribution in [3.8, 4) is 11.5 Å². The zero-order valence-corrected chi connectivity index (χ0v) is 20.8. The van der Waals surface area contributed by atoms with Crippen molar-refractivity contribution in [3.63, 3.8) is 0 Å². The second-order valence-corrected chi connectivity index (χ2v) is 11.2. The van der Waals surface area contributed by atoms with E-state index in [0.29, 0.717) is 23.6 Å². The third kappa shape index (κ3) is 5.39. The Morgan fingerprint density at radius 2 is 1.94 bits per heavy atom. The normalized spacial score (nSPS) is 17.4. The number of hydrogen-bond donors (Lipinski definition) is 2. The number of anilines is 1. The molecule has 0 aromatic heterocycles. The first-order valence-corrected chi connectivity index (χ1v) is 13.0. The van der Waals surface area contributed by atoms with Gasteiger partial charge in [-0.25, -0.2) is 13.1 Å². The van der Waals surface area contributed by atoms with Crippen LogP contribution in [0, 0.1) is 5.92 Å². The van der Waals surface area contributed by atoms with Crippen LogP contribution < -0.4 is 19.5 Å². The van der Waals surface area contributed by atoms with E-state index in [1.54, 1.807) is 51.3 Å². The van der Waals surface area contributed by atoms with Crippen molar-refractivity contribution in [2.24, 2.45) is 5.92 Å². The summed E-state index contributed by atoms with van der Waals surface area (Å²) in [6, 6.07) is 9.65. The monoisotopic (exact) mass is 478 g/mol. The third-order valence-electron chi connectivity index (χ3n) is 5.24. The maximum absolute atomic E-state index is 13.3.